The van der Waals surface area contributed by atoms with Crippen LogP contribution in [0.25, 0.3) is 0 Å². The molecule has 0 radical (unpaired) electrons. The van der Waals surface area contributed by atoms with E-state index in [0.29, 0.717) is 17.4 Å². The second-order valence-corrected chi connectivity index (χ2v) is 6.05. The molecule has 126 valence electrons. The number of para-hydroxylation sites is 1. The minimum Gasteiger partial charge on any atom is -0.457 e. The molecule has 0 aromatic heterocycles. The topological polar surface area (TPSA) is 47.6 Å². The highest BCUT2D eigenvalue weighted by molar-refractivity contribution is 5.89. The first-order valence-corrected chi connectivity index (χ1v) is 8.55. The number of hydrogen-bond donors (Lipinski definition) is 1. The van der Waals surface area contributed by atoms with Gasteiger partial charge in [0.1, 0.15) is 18.2 Å². The summed E-state index contributed by atoms with van der Waals surface area (Å²) in [6.45, 7) is 0.270. The smallest absolute Gasteiger partial charge is 0.339 e. The number of hydrogen-bond acceptors (Lipinski definition) is 4. The van der Waals surface area contributed by atoms with Crippen LogP contribution in [-0.4, -0.2) is 18.7 Å². The van der Waals surface area contributed by atoms with Gasteiger partial charge in [0.25, 0.3) is 0 Å². The molecule has 0 heterocycles. The van der Waals surface area contributed by atoms with Crippen LogP contribution in [0, 0.1) is 0 Å². The zero-order valence-corrected chi connectivity index (χ0v) is 13.7. The Kier molecular flexibility index (Phi) is 5.85. The van der Waals surface area contributed by atoms with Gasteiger partial charge in [-0.2, -0.15) is 0 Å². The number of carbonyl (C=O) groups excluding carboxylic acids is 1. The maximum Gasteiger partial charge on any atom is 0.339 e. The van der Waals surface area contributed by atoms with Crippen molar-refractivity contribution in [2.45, 2.75) is 38.1 Å². The summed E-state index contributed by atoms with van der Waals surface area (Å²) >= 11 is 0. The Balaban J connectivity index is 1.46. The second-order valence-electron chi connectivity index (χ2n) is 6.05. The largest absolute Gasteiger partial charge is 0.457 e. The molecule has 3 rings (SSSR count). The Morgan fingerprint density at radius 3 is 2.29 bits per heavy atom. The van der Waals surface area contributed by atoms with E-state index in [2.05, 4.69) is 5.32 Å². The van der Waals surface area contributed by atoms with Crippen LogP contribution in [0.2, 0.25) is 0 Å². The van der Waals surface area contributed by atoms with Gasteiger partial charge in [-0.15, -0.1) is 0 Å². The molecule has 1 aliphatic rings. The lowest BCUT2D eigenvalue weighted by Gasteiger charge is -2.22. The lowest BCUT2D eigenvalue weighted by atomic mass is 9.96. The first kappa shape index (κ1) is 16.5. The Labute approximate surface area is 142 Å². The van der Waals surface area contributed by atoms with E-state index in [1.807, 2.05) is 30.3 Å². The van der Waals surface area contributed by atoms with E-state index in [4.69, 9.17) is 9.47 Å². The second kappa shape index (κ2) is 8.50. The van der Waals surface area contributed by atoms with Crippen LogP contribution in [0.15, 0.2) is 54.6 Å². The summed E-state index contributed by atoms with van der Waals surface area (Å²) in [5, 5.41) is 3.30. The molecule has 1 N–H and O–H groups in total. The standard InChI is InChI=1S/C20H23NO3/c22-20(23-15-21-17-7-3-1-4-8-17)16-11-13-19(14-12-16)24-18-9-5-2-6-10-18/h2,5-6,9-14,17,21H,1,3-4,7-8,15H2. The molecule has 0 unspecified atom stereocenters. The van der Waals surface area contributed by atoms with Gasteiger partial charge in [0.15, 0.2) is 0 Å². The third-order valence-corrected chi connectivity index (χ3v) is 4.25. The number of benzene rings is 2. The summed E-state index contributed by atoms with van der Waals surface area (Å²) in [7, 11) is 0. The number of nitrogens with one attached hydrogen (secondary N) is 1. The molecule has 1 saturated carbocycles. The van der Waals surface area contributed by atoms with Crippen molar-refractivity contribution in [3.63, 3.8) is 0 Å². The molecular formula is C20H23NO3. The summed E-state index contributed by atoms with van der Waals surface area (Å²) in [6, 6.07) is 17.0. The van der Waals surface area contributed by atoms with Crippen molar-refractivity contribution in [2.24, 2.45) is 0 Å². The minimum atomic E-state index is -0.315. The van der Waals surface area contributed by atoms with Crippen molar-refractivity contribution in [3.8, 4) is 11.5 Å². The fourth-order valence-corrected chi connectivity index (χ4v) is 2.90. The van der Waals surface area contributed by atoms with E-state index in [-0.39, 0.29) is 12.7 Å². The minimum absolute atomic E-state index is 0.270. The van der Waals surface area contributed by atoms with E-state index in [9.17, 15) is 4.79 Å². The molecule has 0 spiro atoms. The fourth-order valence-electron chi connectivity index (χ4n) is 2.90. The Morgan fingerprint density at radius 1 is 0.917 bits per heavy atom. The van der Waals surface area contributed by atoms with Crippen molar-refractivity contribution >= 4 is 5.97 Å². The molecule has 1 aliphatic carbocycles. The van der Waals surface area contributed by atoms with Gasteiger partial charge in [-0.25, -0.2) is 4.79 Å². The average Bonchev–Trinajstić information content (AvgIpc) is 2.64. The highest BCUT2D eigenvalue weighted by Gasteiger charge is 2.13. The first-order chi connectivity index (χ1) is 11.8. The van der Waals surface area contributed by atoms with Crippen molar-refractivity contribution in [2.75, 3.05) is 6.73 Å². The molecule has 0 bridgehead atoms. The summed E-state index contributed by atoms with van der Waals surface area (Å²) in [4.78, 5) is 12.1. The van der Waals surface area contributed by atoms with Gasteiger partial charge in [-0.05, 0) is 49.2 Å². The molecule has 0 amide bonds. The highest BCUT2D eigenvalue weighted by Crippen LogP contribution is 2.21. The van der Waals surface area contributed by atoms with Crippen LogP contribution >= 0.6 is 0 Å². The molecule has 1 fully saturated rings. The van der Waals surface area contributed by atoms with Crippen molar-refractivity contribution in [3.05, 3.63) is 60.2 Å². The third-order valence-electron chi connectivity index (χ3n) is 4.25. The van der Waals surface area contributed by atoms with Gasteiger partial charge in [-0.3, -0.25) is 5.32 Å². The molecule has 2 aromatic carbocycles. The van der Waals surface area contributed by atoms with Crippen LogP contribution in [0.5, 0.6) is 11.5 Å². The molecule has 2 aromatic rings. The van der Waals surface area contributed by atoms with Crippen molar-refractivity contribution in [1.82, 2.24) is 5.32 Å². The van der Waals surface area contributed by atoms with E-state index in [1.54, 1.807) is 24.3 Å². The number of rotatable bonds is 6. The van der Waals surface area contributed by atoms with Gasteiger partial charge in [0.05, 0.1) is 5.56 Å². The van der Waals surface area contributed by atoms with E-state index in [0.717, 1.165) is 5.75 Å². The molecule has 0 aliphatic heterocycles. The van der Waals surface area contributed by atoms with E-state index >= 15 is 0 Å². The molecule has 0 atom stereocenters. The molecule has 0 saturated heterocycles. The molecule has 4 nitrogen and oxygen atoms in total. The SMILES string of the molecule is O=C(OCNC1CCCCC1)c1ccc(Oc2ccccc2)cc1. The highest BCUT2D eigenvalue weighted by atomic mass is 16.5. The monoisotopic (exact) mass is 325 g/mol. The van der Waals surface area contributed by atoms with Gasteiger partial charge >= 0.3 is 5.97 Å². The average molecular weight is 325 g/mol. The number of ether oxygens (including phenoxy) is 2. The van der Waals surface area contributed by atoms with E-state index < -0.39 is 0 Å². The van der Waals surface area contributed by atoms with Crippen LogP contribution in [0.3, 0.4) is 0 Å². The van der Waals surface area contributed by atoms with Gasteiger partial charge in [0.2, 0.25) is 0 Å². The Bertz CT molecular complexity index is 634. The lowest BCUT2D eigenvalue weighted by Crippen LogP contribution is -2.33. The zero-order valence-electron chi connectivity index (χ0n) is 13.7. The first-order valence-electron chi connectivity index (χ1n) is 8.55. The van der Waals surface area contributed by atoms with Crippen LogP contribution in [-0.2, 0) is 4.74 Å². The van der Waals surface area contributed by atoms with Crippen LogP contribution in [0.4, 0.5) is 0 Å². The summed E-state index contributed by atoms with van der Waals surface area (Å²) in [5.74, 6) is 1.15. The van der Waals surface area contributed by atoms with Gasteiger partial charge < -0.3 is 9.47 Å². The van der Waals surface area contributed by atoms with Crippen LogP contribution in [0.1, 0.15) is 42.5 Å². The third kappa shape index (κ3) is 4.83. The molecular weight excluding hydrogens is 302 g/mol. The predicted octanol–water partition coefficient (Wildman–Crippen LogP) is 4.52. The normalized spacial score (nSPS) is 15.0. The zero-order chi connectivity index (χ0) is 16.6. The fraction of sp³-hybridized carbons (Fsp3) is 0.350. The molecule has 24 heavy (non-hydrogen) atoms. The lowest BCUT2D eigenvalue weighted by molar-refractivity contribution is 0.0450. The van der Waals surface area contributed by atoms with Gasteiger partial charge in [-0.1, -0.05) is 37.5 Å². The summed E-state index contributed by atoms with van der Waals surface area (Å²) in [5.41, 5.74) is 0.529. The number of carbonyl (C=O) groups is 1. The Hall–Kier alpha value is -2.33. The van der Waals surface area contributed by atoms with Crippen molar-refractivity contribution in [1.29, 1.82) is 0 Å². The van der Waals surface area contributed by atoms with Crippen molar-refractivity contribution < 1.29 is 14.3 Å². The quantitative estimate of drug-likeness (QED) is 0.627. The maximum absolute atomic E-state index is 12.1. The predicted molar refractivity (Wildman–Crippen MR) is 93.2 cm³/mol. The van der Waals surface area contributed by atoms with Gasteiger partial charge in [0, 0.05) is 6.04 Å². The van der Waals surface area contributed by atoms with E-state index in [1.165, 1.54) is 32.1 Å². The molecule has 4 heteroatoms. The summed E-state index contributed by atoms with van der Waals surface area (Å²) in [6.07, 6.45) is 6.17. The maximum atomic E-state index is 12.1. The number of esters is 1. The Morgan fingerprint density at radius 2 is 1.58 bits per heavy atom. The summed E-state index contributed by atoms with van der Waals surface area (Å²) < 4.78 is 11.0. The van der Waals surface area contributed by atoms with Crippen LogP contribution < -0.4 is 10.1 Å².